The molecule has 1 aromatic heterocycles. The fourth-order valence-corrected chi connectivity index (χ4v) is 3.32. The zero-order valence-corrected chi connectivity index (χ0v) is 13.8. The molecule has 2 aromatic rings. The molecule has 0 saturated carbocycles. The van der Waals surface area contributed by atoms with Crippen molar-refractivity contribution in [2.24, 2.45) is 0 Å². The lowest BCUT2D eigenvalue weighted by molar-refractivity contribution is -0.117. The van der Waals surface area contributed by atoms with Gasteiger partial charge in [0.15, 0.2) is 0 Å². The minimum absolute atomic E-state index is 0. The number of nitrogens with one attached hydrogen (secondary N) is 2. The van der Waals surface area contributed by atoms with Crippen LogP contribution >= 0.6 is 23.7 Å². The number of hydrogen-bond acceptors (Lipinski definition) is 3. The zero-order valence-electron chi connectivity index (χ0n) is 12.2. The van der Waals surface area contributed by atoms with Crippen LogP contribution in [0.2, 0.25) is 0 Å². The molecule has 0 saturated heterocycles. The van der Waals surface area contributed by atoms with Gasteiger partial charge in [0.25, 0.3) is 0 Å². The van der Waals surface area contributed by atoms with Gasteiger partial charge < -0.3 is 10.6 Å². The first-order valence-corrected chi connectivity index (χ1v) is 7.90. The number of carbonyl (C=O) groups excluding carboxylic acids is 1. The molecule has 1 aromatic carbocycles. The van der Waals surface area contributed by atoms with Gasteiger partial charge in [0.1, 0.15) is 5.82 Å². The summed E-state index contributed by atoms with van der Waals surface area (Å²) < 4.78 is 14.5. The number of rotatable bonds is 3. The van der Waals surface area contributed by atoms with E-state index < -0.39 is 0 Å². The Balaban J connectivity index is 0.00000176. The highest BCUT2D eigenvalue weighted by Gasteiger charge is 2.20. The van der Waals surface area contributed by atoms with Crippen LogP contribution in [0.4, 0.5) is 10.1 Å². The second-order valence-corrected chi connectivity index (χ2v) is 6.20. The van der Waals surface area contributed by atoms with Crippen LogP contribution in [0.25, 0.3) is 0 Å². The fraction of sp³-hybridized carbons (Fsp3) is 0.312. The van der Waals surface area contributed by atoms with Gasteiger partial charge in [-0.05, 0) is 48.5 Å². The largest absolute Gasteiger partial charge is 0.323 e. The Morgan fingerprint density at radius 1 is 1.41 bits per heavy atom. The number of anilines is 1. The topological polar surface area (TPSA) is 41.1 Å². The molecule has 0 fully saturated rings. The van der Waals surface area contributed by atoms with E-state index in [1.165, 1.54) is 11.3 Å². The lowest BCUT2D eigenvalue weighted by Crippen LogP contribution is -2.25. The predicted molar refractivity (Wildman–Crippen MR) is 90.4 cm³/mol. The monoisotopic (exact) mass is 340 g/mol. The summed E-state index contributed by atoms with van der Waals surface area (Å²) in [6.45, 7) is 3.29. The molecule has 0 bridgehead atoms. The van der Waals surface area contributed by atoms with Crippen LogP contribution in [0, 0.1) is 5.82 Å². The van der Waals surface area contributed by atoms with Crippen molar-refractivity contribution < 1.29 is 9.18 Å². The summed E-state index contributed by atoms with van der Waals surface area (Å²) in [5, 5.41) is 7.87. The van der Waals surface area contributed by atoms with E-state index >= 15 is 0 Å². The summed E-state index contributed by atoms with van der Waals surface area (Å²) in [6.07, 6.45) is 0.658. The van der Waals surface area contributed by atoms with E-state index in [9.17, 15) is 9.18 Å². The molecule has 3 rings (SSSR count). The minimum atomic E-state index is -0.291. The number of benzene rings is 1. The summed E-state index contributed by atoms with van der Waals surface area (Å²) in [7, 11) is 0. The number of halogens is 2. The molecule has 0 radical (unpaired) electrons. The summed E-state index contributed by atoms with van der Waals surface area (Å²) in [4.78, 5) is 13.2. The van der Waals surface area contributed by atoms with Crippen molar-refractivity contribution in [1.29, 1.82) is 0 Å². The van der Waals surface area contributed by atoms with Gasteiger partial charge in [-0.15, -0.1) is 23.7 Å². The molecule has 0 spiro atoms. The summed E-state index contributed by atoms with van der Waals surface area (Å²) in [6, 6.07) is 7.37. The number of amides is 1. The van der Waals surface area contributed by atoms with Gasteiger partial charge >= 0.3 is 0 Å². The Hall–Kier alpha value is -1.43. The van der Waals surface area contributed by atoms with Crippen molar-refractivity contribution in [3.8, 4) is 0 Å². The smallest absolute Gasteiger partial charge is 0.232 e. The summed E-state index contributed by atoms with van der Waals surface area (Å²) in [5.74, 6) is -0.743. The minimum Gasteiger partial charge on any atom is -0.323 e. The zero-order chi connectivity index (χ0) is 14.8. The van der Waals surface area contributed by atoms with Crippen LogP contribution in [0.5, 0.6) is 0 Å². The maximum absolute atomic E-state index is 14.5. The number of hydrogen-bond donors (Lipinski definition) is 2. The van der Waals surface area contributed by atoms with Crippen LogP contribution in [-0.2, 0) is 17.8 Å². The maximum Gasteiger partial charge on any atom is 0.232 e. The first kappa shape index (κ1) is 16.9. The normalized spacial score (nSPS) is 14.6. The molecule has 6 heteroatoms. The van der Waals surface area contributed by atoms with Gasteiger partial charge in [-0.25, -0.2) is 4.39 Å². The number of carbonyl (C=O) groups is 1. The van der Waals surface area contributed by atoms with E-state index in [4.69, 9.17) is 0 Å². The Morgan fingerprint density at radius 2 is 2.23 bits per heavy atom. The van der Waals surface area contributed by atoms with Crippen LogP contribution in [0.1, 0.15) is 28.8 Å². The molecule has 1 atom stereocenters. The molecule has 118 valence electrons. The maximum atomic E-state index is 14.5. The second kappa shape index (κ2) is 7.22. The third-order valence-corrected chi connectivity index (χ3v) is 4.88. The van der Waals surface area contributed by atoms with E-state index in [-0.39, 0.29) is 35.7 Å². The lowest BCUT2D eigenvalue weighted by atomic mass is 9.99. The fourth-order valence-electron chi connectivity index (χ4n) is 2.54. The van der Waals surface area contributed by atoms with E-state index in [1.807, 2.05) is 30.5 Å². The Bertz CT molecular complexity index is 660. The molecular weight excluding hydrogens is 323 g/mol. The Morgan fingerprint density at radius 3 is 2.95 bits per heavy atom. The van der Waals surface area contributed by atoms with Crippen molar-refractivity contribution in [2.75, 3.05) is 11.9 Å². The highest BCUT2D eigenvalue weighted by Crippen LogP contribution is 2.27. The first-order chi connectivity index (χ1) is 10.2. The molecule has 1 amide bonds. The molecule has 2 heterocycles. The van der Waals surface area contributed by atoms with E-state index in [1.54, 1.807) is 6.07 Å². The third-order valence-electron chi connectivity index (χ3n) is 3.83. The highest BCUT2D eigenvalue weighted by molar-refractivity contribution is 7.10. The quantitative estimate of drug-likeness (QED) is 0.894. The summed E-state index contributed by atoms with van der Waals surface area (Å²) in [5.41, 5.74) is 1.97. The average molecular weight is 341 g/mol. The molecule has 22 heavy (non-hydrogen) atoms. The number of thiophene rings is 1. The van der Waals surface area contributed by atoms with Crippen molar-refractivity contribution in [2.45, 2.75) is 25.8 Å². The van der Waals surface area contributed by atoms with Gasteiger partial charge in [-0.1, -0.05) is 12.1 Å². The Labute approximate surface area is 139 Å². The van der Waals surface area contributed by atoms with Crippen molar-refractivity contribution in [1.82, 2.24) is 5.32 Å². The third kappa shape index (κ3) is 3.32. The van der Waals surface area contributed by atoms with Crippen LogP contribution in [0.3, 0.4) is 0 Å². The standard InChI is InChI=1S/C16H17FN2OS.ClH/c1-10(14-3-2-8-21-14)16(20)19-13-5-4-11-9-18-7-6-12(11)15(13)17;/h2-5,8,10,18H,6-7,9H2,1H3,(H,19,20);1H. The van der Waals surface area contributed by atoms with E-state index in [0.29, 0.717) is 13.0 Å². The number of fused-ring (bicyclic) bond motifs is 1. The first-order valence-electron chi connectivity index (χ1n) is 7.02. The molecule has 0 aliphatic carbocycles. The second-order valence-electron chi connectivity index (χ2n) is 5.22. The van der Waals surface area contributed by atoms with Crippen LogP contribution < -0.4 is 10.6 Å². The van der Waals surface area contributed by atoms with Crippen molar-refractivity contribution in [3.63, 3.8) is 0 Å². The highest BCUT2D eigenvalue weighted by atomic mass is 35.5. The predicted octanol–water partition coefficient (Wildman–Crippen LogP) is 3.70. The summed E-state index contributed by atoms with van der Waals surface area (Å²) >= 11 is 1.53. The molecule has 3 nitrogen and oxygen atoms in total. The van der Waals surface area contributed by atoms with E-state index in [0.717, 1.165) is 22.5 Å². The van der Waals surface area contributed by atoms with Gasteiger partial charge in [0.2, 0.25) is 5.91 Å². The van der Waals surface area contributed by atoms with Crippen molar-refractivity contribution in [3.05, 3.63) is 51.5 Å². The lowest BCUT2D eigenvalue weighted by Gasteiger charge is -2.20. The molecule has 2 N–H and O–H groups in total. The molecule has 1 aliphatic heterocycles. The Kier molecular flexibility index (Phi) is 5.56. The molecular formula is C16H18ClFN2OS. The average Bonchev–Trinajstić information content (AvgIpc) is 3.04. The molecule has 1 unspecified atom stereocenters. The SMILES string of the molecule is CC(C(=O)Nc1ccc2c(c1F)CCNC2)c1cccs1.Cl. The van der Waals surface area contributed by atoms with Crippen LogP contribution in [-0.4, -0.2) is 12.5 Å². The van der Waals surface area contributed by atoms with E-state index in [2.05, 4.69) is 10.6 Å². The van der Waals surface area contributed by atoms with Gasteiger partial charge in [0, 0.05) is 11.4 Å². The van der Waals surface area contributed by atoms with Gasteiger partial charge in [-0.3, -0.25) is 4.79 Å². The van der Waals surface area contributed by atoms with Gasteiger partial charge in [-0.2, -0.15) is 0 Å². The van der Waals surface area contributed by atoms with Crippen LogP contribution in [0.15, 0.2) is 29.6 Å². The van der Waals surface area contributed by atoms with Gasteiger partial charge in [0.05, 0.1) is 11.6 Å². The molecule has 1 aliphatic rings. The van der Waals surface area contributed by atoms with Crippen molar-refractivity contribution >= 4 is 35.3 Å².